The molecular weight excluding hydrogens is 500 g/mol. The number of carbonyl (C=O) groups excluding carboxylic acids is 3. The molecule has 10 nitrogen and oxygen atoms in total. The molecule has 0 aromatic heterocycles. The lowest BCUT2D eigenvalue weighted by Crippen LogP contribution is -2.37. The molecule has 0 atom stereocenters. The van der Waals surface area contributed by atoms with Crippen molar-refractivity contribution in [1.29, 1.82) is 0 Å². The first-order valence-corrected chi connectivity index (χ1v) is 12.3. The molecule has 0 heterocycles. The van der Waals surface area contributed by atoms with Crippen LogP contribution in [0, 0.1) is 13.8 Å². The number of hydrazone groups is 1. The van der Waals surface area contributed by atoms with E-state index in [0.29, 0.717) is 29.4 Å². The van der Waals surface area contributed by atoms with E-state index in [0.717, 1.165) is 22.4 Å². The summed E-state index contributed by atoms with van der Waals surface area (Å²) in [6.45, 7) is 6.08. The standard InChI is InChI=1S/C29H32N4O6/c1-5-38-26-15-22(9-13-25(26)39-18-27(34)32-24-12-6-19(2)14-20(24)3)17-31-33-29(36)28(35)30-16-21-7-10-23(37-4)11-8-21/h6-15,17H,5,16,18H2,1-4H3,(H,30,35)(H,32,34)(H,33,36)/b31-17-. The van der Waals surface area contributed by atoms with E-state index in [-0.39, 0.29) is 19.1 Å². The molecule has 10 heteroatoms. The van der Waals surface area contributed by atoms with Gasteiger partial charge in [0.25, 0.3) is 5.91 Å². The summed E-state index contributed by atoms with van der Waals surface area (Å²) in [4.78, 5) is 36.5. The highest BCUT2D eigenvalue weighted by Gasteiger charge is 2.13. The van der Waals surface area contributed by atoms with E-state index in [1.807, 2.05) is 39.0 Å². The highest BCUT2D eigenvalue weighted by atomic mass is 16.5. The monoisotopic (exact) mass is 532 g/mol. The van der Waals surface area contributed by atoms with Gasteiger partial charge in [0.05, 0.1) is 19.9 Å². The lowest BCUT2D eigenvalue weighted by Gasteiger charge is -2.13. The molecule has 0 bridgehead atoms. The number of amides is 3. The second-order valence-electron chi connectivity index (χ2n) is 8.52. The molecule has 0 unspecified atom stereocenters. The van der Waals surface area contributed by atoms with Crippen LogP contribution in [0.4, 0.5) is 5.69 Å². The molecule has 0 radical (unpaired) electrons. The Kier molecular flexibility index (Phi) is 10.4. The zero-order valence-electron chi connectivity index (χ0n) is 22.4. The molecule has 0 aliphatic heterocycles. The van der Waals surface area contributed by atoms with Gasteiger partial charge >= 0.3 is 11.8 Å². The van der Waals surface area contributed by atoms with Crippen LogP contribution < -0.4 is 30.3 Å². The van der Waals surface area contributed by atoms with E-state index in [2.05, 4.69) is 21.2 Å². The van der Waals surface area contributed by atoms with Crippen LogP contribution in [0.15, 0.2) is 65.8 Å². The number of nitrogens with one attached hydrogen (secondary N) is 3. The number of benzene rings is 3. The SMILES string of the molecule is CCOc1cc(/C=N\NC(=O)C(=O)NCc2ccc(OC)cc2)ccc1OCC(=O)Nc1ccc(C)cc1C. The molecule has 3 aromatic carbocycles. The normalized spacial score (nSPS) is 10.6. The van der Waals surface area contributed by atoms with E-state index >= 15 is 0 Å². The Balaban J connectivity index is 1.52. The number of methoxy groups -OCH3 is 1. The van der Waals surface area contributed by atoms with Gasteiger partial charge in [0.2, 0.25) is 0 Å². The summed E-state index contributed by atoms with van der Waals surface area (Å²) in [6.07, 6.45) is 1.37. The summed E-state index contributed by atoms with van der Waals surface area (Å²) in [5.74, 6) is -0.539. The van der Waals surface area contributed by atoms with Crippen molar-refractivity contribution >= 4 is 29.6 Å². The fraction of sp³-hybridized carbons (Fsp3) is 0.241. The molecule has 3 rings (SSSR count). The Morgan fingerprint density at radius 1 is 0.897 bits per heavy atom. The number of nitrogens with zero attached hydrogens (tertiary/aromatic N) is 1. The zero-order chi connectivity index (χ0) is 28.2. The van der Waals surface area contributed by atoms with Gasteiger partial charge in [0.15, 0.2) is 18.1 Å². The Hall–Kier alpha value is -4.86. The maximum atomic E-state index is 12.4. The van der Waals surface area contributed by atoms with Crippen molar-refractivity contribution in [3.05, 3.63) is 82.9 Å². The molecule has 204 valence electrons. The van der Waals surface area contributed by atoms with Gasteiger partial charge in [-0.05, 0) is 73.9 Å². The predicted molar refractivity (Wildman–Crippen MR) is 148 cm³/mol. The van der Waals surface area contributed by atoms with Crippen molar-refractivity contribution in [3.8, 4) is 17.2 Å². The summed E-state index contributed by atoms with van der Waals surface area (Å²) < 4.78 is 16.4. The molecule has 0 fully saturated rings. The topological polar surface area (TPSA) is 127 Å². The molecular formula is C29H32N4O6. The molecule has 3 N–H and O–H groups in total. The Morgan fingerprint density at radius 3 is 2.36 bits per heavy atom. The molecule has 39 heavy (non-hydrogen) atoms. The van der Waals surface area contributed by atoms with Gasteiger partial charge in [-0.3, -0.25) is 14.4 Å². The Labute approximate surface area is 227 Å². The number of rotatable bonds is 11. The van der Waals surface area contributed by atoms with Crippen molar-refractivity contribution < 1.29 is 28.6 Å². The molecule has 0 aliphatic carbocycles. The van der Waals surface area contributed by atoms with E-state index in [1.165, 1.54) is 6.21 Å². The quantitative estimate of drug-likeness (QED) is 0.197. The molecule has 0 aliphatic rings. The average Bonchev–Trinajstić information content (AvgIpc) is 2.93. The lowest BCUT2D eigenvalue weighted by molar-refractivity contribution is -0.139. The van der Waals surface area contributed by atoms with Crippen molar-refractivity contribution in [2.45, 2.75) is 27.3 Å². The van der Waals surface area contributed by atoms with Crippen LogP contribution in [-0.4, -0.2) is 44.3 Å². The summed E-state index contributed by atoms with van der Waals surface area (Å²) in [7, 11) is 1.57. The largest absolute Gasteiger partial charge is 0.497 e. The zero-order valence-corrected chi connectivity index (χ0v) is 22.4. The number of anilines is 1. The predicted octanol–water partition coefficient (Wildman–Crippen LogP) is 3.49. The van der Waals surface area contributed by atoms with Gasteiger partial charge in [-0.25, -0.2) is 5.43 Å². The minimum atomic E-state index is -0.903. The van der Waals surface area contributed by atoms with Crippen LogP contribution in [0.25, 0.3) is 0 Å². The summed E-state index contributed by atoms with van der Waals surface area (Å²) in [5, 5.41) is 9.21. The fourth-order valence-corrected chi connectivity index (χ4v) is 3.50. The summed E-state index contributed by atoms with van der Waals surface area (Å²) in [5.41, 5.74) is 6.39. The first kappa shape index (κ1) is 28.7. The third-order valence-corrected chi connectivity index (χ3v) is 5.48. The van der Waals surface area contributed by atoms with Gasteiger partial charge in [-0.2, -0.15) is 5.10 Å². The van der Waals surface area contributed by atoms with Crippen LogP contribution in [-0.2, 0) is 20.9 Å². The van der Waals surface area contributed by atoms with Crippen molar-refractivity contribution in [2.75, 3.05) is 25.6 Å². The summed E-state index contributed by atoms with van der Waals surface area (Å²) in [6, 6.07) is 17.8. The van der Waals surface area contributed by atoms with Crippen LogP contribution >= 0.6 is 0 Å². The minimum absolute atomic E-state index is 0.182. The first-order chi connectivity index (χ1) is 18.8. The average molecular weight is 533 g/mol. The maximum Gasteiger partial charge on any atom is 0.329 e. The van der Waals surface area contributed by atoms with E-state index in [1.54, 1.807) is 49.6 Å². The van der Waals surface area contributed by atoms with Crippen molar-refractivity contribution in [1.82, 2.24) is 10.7 Å². The van der Waals surface area contributed by atoms with Gasteiger partial charge < -0.3 is 24.8 Å². The highest BCUT2D eigenvalue weighted by Crippen LogP contribution is 2.28. The second-order valence-corrected chi connectivity index (χ2v) is 8.52. The van der Waals surface area contributed by atoms with Gasteiger partial charge in [-0.15, -0.1) is 0 Å². The maximum absolute atomic E-state index is 12.4. The van der Waals surface area contributed by atoms with Crippen molar-refractivity contribution in [3.63, 3.8) is 0 Å². The molecule has 3 amide bonds. The van der Waals surface area contributed by atoms with E-state index < -0.39 is 11.8 Å². The lowest BCUT2D eigenvalue weighted by atomic mass is 10.1. The Morgan fingerprint density at radius 2 is 1.67 bits per heavy atom. The molecule has 3 aromatic rings. The number of ether oxygens (including phenoxy) is 3. The highest BCUT2D eigenvalue weighted by molar-refractivity contribution is 6.35. The summed E-state index contributed by atoms with van der Waals surface area (Å²) >= 11 is 0. The number of hydrogen-bond donors (Lipinski definition) is 3. The number of hydrogen-bond acceptors (Lipinski definition) is 7. The van der Waals surface area contributed by atoms with Crippen LogP contribution in [0.1, 0.15) is 29.2 Å². The third kappa shape index (κ3) is 8.89. The fourth-order valence-electron chi connectivity index (χ4n) is 3.50. The third-order valence-electron chi connectivity index (χ3n) is 5.48. The molecule has 0 saturated heterocycles. The number of carbonyl (C=O) groups is 3. The molecule has 0 spiro atoms. The van der Waals surface area contributed by atoms with Gasteiger partial charge in [0.1, 0.15) is 5.75 Å². The minimum Gasteiger partial charge on any atom is -0.497 e. The van der Waals surface area contributed by atoms with Crippen LogP contribution in [0.3, 0.4) is 0 Å². The van der Waals surface area contributed by atoms with Gasteiger partial charge in [-0.1, -0.05) is 29.8 Å². The molecule has 0 saturated carbocycles. The number of aryl methyl sites for hydroxylation is 2. The second kappa shape index (κ2) is 14.2. The van der Waals surface area contributed by atoms with Crippen molar-refractivity contribution in [2.24, 2.45) is 5.10 Å². The van der Waals surface area contributed by atoms with Crippen LogP contribution in [0.5, 0.6) is 17.2 Å². The van der Waals surface area contributed by atoms with E-state index in [4.69, 9.17) is 14.2 Å². The smallest absolute Gasteiger partial charge is 0.329 e. The first-order valence-electron chi connectivity index (χ1n) is 12.3. The Bertz CT molecular complexity index is 1340. The van der Waals surface area contributed by atoms with Crippen LogP contribution in [0.2, 0.25) is 0 Å². The van der Waals surface area contributed by atoms with Gasteiger partial charge in [0, 0.05) is 12.2 Å². The van der Waals surface area contributed by atoms with E-state index in [9.17, 15) is 14.4 Å².